The monoisotopic (exact) mass is 383 g/mol. The summed E-state index contributed by atoms with van der Waals surface area (Å²) in [7, 11) is 0. The van der Waals surface area contributed by atoms with Crippen molar-refractivity contribution < 1.29 is 19.0 Å². The van der Waals surface area contributed by atoms with Gasteiger partial charge >= 0.3 is 0 Å². The summed E-state index contributed by atoms with van der Waals surface area (Å²) < 4.78 is 25.0. The van der Waals surface area contributed by atoms with Crippen LogP contribution in [-0.4, -0.2) is 27.9 Å². The number of nitrogens with one attached hydrogen (secondary N) is 1. The molecule has 2 heterocycles. The van der Waals surface area contributed by atoms with E-state index in [-0.39, 0.29) is 5.91 Å². The van der Waals surface area contributed by atoms with E-state index in [0.717, 1.165) is 11.4 Å². The molecule has 7 nitrogen and oxygen atoms in total. The molecule has 1 aliphatic heterocycles. The number of carbonyl (C=O) groups excluding carboxylic acids is 1. The molecule has 1 aliphatic rings. The van der Waals surface area contributed by atoms with Gasteiger partial charge in [-0.15, -0.1) is 0 Å². The number of aromatic nitrogens is 2. The first kappa shape index (κ1) is 17.3. The summed E-state index contributed by atoms with van der Waals surface area (Å²) in [5.41, 5.74) is 2.87. The molecule has 0 spiro atoms. The fourth-order valence-electron chi connectivity index (χ4n) is 2.56. The van der Waals surface area contributed by atoms with E-state index in [1.165, 1.54) is 11.7 Å². The lowest BCUT2D eigenvalue weighted by atomic mass is 10.2. The summed E-state index contributed by atoms with van der Waals surface area (Å²) in [5, 5.41) is 2.86. The van der Waals surface area contributed by atoms with E-state index in [1.54, 1.807) is 42.5 Å². The Labute approximate surface area is 160 Å². The van der Waals surface area contributed by atoms with Crippen LogP contribution in [-0.2, 0) is 6.61 Å². The van der Waals surface area contributed by atoms with Gasteiger partial charge in [0.05, 0.1) is 17.4 Å². The lowest BCUT2D eigenvalue weighted by Gasteiger charge is -2.19. The van der Waals surface area contributed by atoms with Crippen molar-refractivity contribution >= 4 is 23.3 Å². The summed E-state index contributed by atoms with van der Waals surface area (Å²) in [6.45, 7) is 3.28. The molecule has 0 bridgehead atoms. The van der Waals surface area contributed by atoms with Gasteiger partial charge in [0.2, 0.25) is 0 Å². The van der Waals surface area contributed by atoms with Crippen LogP contribution < -0.4 is 19.5 Å². The molecule has 8 heteroatoms. The largest absolute Gasteiger partial charge is 0.487 e. The zero-order chi connectivity index (χ0) is 18.6. The second kappa shape index (κ2) is 7.63. The zero-order valence-corrected chi connectivity index (χ0v) is 15.4. The first-order valence-corrected chi connectivity index (χ1v) is 9.14. The molecule has 0 fully saturated rings. The zero-order valence-electron chi connectivity index (χ0n) is 14.6. The smallest absolute Gasteiger partial charge is 0.255 e. The third kappa shape index (κ3) is 4.01. The highest BCUT2D eigenvalue weighted by Crippen LogP contribution is 2.32. The molecule has 1 aromatic heterocycles. The third-order valence-electron chi connectivity index (χ3n) is 4.04. The van der Waals surface area contributed by atoms with Gasteiger partial charge in [0.25, 0.3) is 5.91 Å². The molecule has 0 saturated heterocycles. The highest BCUT2D eigenvalue weighted by molar-refractivity contribution is 6.99. The lowest BCUT2D eigenvalue weighted by Crippen LogP contribution is -2.16. The summed E-state index contributed by atoms with van der Waals surface area (Å²) in [6, 6.07) is 12.3. The number of hydrogen-bond acceptors (Lipinski definition) is 7. The predicted molar refractivity (Wildman–Crippen MR) is 101 cm³/mol. The topological polar surface area (TPSA) is 82.6 Å². The average Bonchev–Trinajstić information content (AvgIpc) is 3.11. The van der Waals surface area contributed by atoms with Crippen LogP contribution in [0.5, 0.6) is 17.2 Å². The van der Waals surface area contributed by atoms with Gasteiger partial charge in [-0.05, 0) is 43.3 Å². The number of fused-ring (bicyclic) bond motifs is 1. The molecule has 1 N–H and O–H groups in total. The molecular formula is C19H17N3O4S. The molecule has 27 heavy (non-hydrogen) atoms. The number of carbonyl (C=O) groups is 1. The maximum atomic E-state index is 12.4. The number of hydrogen-bond donors (Lipinski definition) is 1. The molecule has 138 valence electrons. The van der Waals surface area contributed by atoms with Crippen LogP contribution in [0.15, 0.2) is 42.5 Å². The fourth-order valence-corrected chi connectivity index (χ4v) is 3.11. The lowest BCUT2D eigenvalue weighted by molar-refractivity contribution is 0.102. The first-order valence-electron chi connectivity index (χ1n) is 8.41. The van der Waals surface area contributed by atoms with Gasteiger partial charge in [-0.1, -0.05) is 0 Å². The van der Waals surface area contributed by atoms with E-state index in [1.807, 2.05) is 6.92 Å². The van der Waals surface area contributed by atoms with Crippen molar-refractivity contribution in [2.45, 2.75) is 13.5 Å². The minimum Gasteiger partial charge on any atom is -0.487 e. The maximum Gasteiger partial charge on any atom is 0.255 e. The molecule has 2 aromatic carbocycles. The number of aryl methyl sites for hydroxylation is 1. The number of ether oxygens (including phenoxy) is 3. The molecule has 0 atom stereocenters. The van der Waals surface area contributed by atoms with Gasteiger partial charge in [0, 0.05) is 17.3 Å². The molecule has 1 amide bonds. The predicted octanol–water partition coefficient (Wildman–Crippen LogP) is 3.45. The Morgan fingerprint density at radius 2 is 1.89 bits per heavy atom. The first-order chi connectivity index (χ1) is 13.2. The van der Waals surface area contributed by atoms with Crippen LogP contribution in [0.25, 0.3) is 0 Å². The van der Waals surface area contributed by atoms with E-state index in [4.69, 9.17) is 14.2 Å². The summed E-state index contributed by atoms with van der Waals surface area (Å²) in [6.07, 6.45) is 0. The number of anilines is 1. The van der Waals surface area contributed by atoms with E-state index in [9.17, 15) is 4.79 Å². The minimum absolute atomic E-state index is 0.210. The van der Waals surface area contributed by atoms with Gasteiger partial charge in [-0.2, -0.15) is 8.75 Å². The standard InChI is InChI=1S/C19H17N3O4S/c1-12-16(22-27-21-12)11-26-15-5-2-13(3-6-15)19(23)20-14-4-7-17-18(10-14)25-9-8-24-17/h2-7,10H,8-9,11H2,1H3,(H,20,23). The number of rotatable bonds is 5. The number of benzene rings is 2. The quantitative estimate of drug-likeness (QED) is 0.727. The van der Waals surface area contributed by atoms with Crippen LogP contribution in [0.4, 0.5) is 5.69 Å². The Morgan fingerprint density at radius 1 is 1.11 bits per heavy atom. The second-order valence-corrected chi connectivity index (χ2v) is 6.45. The molecule has 3 aromatic rings. The number of amides is 1. The molecule has 0 saturated carbocycles. The van der Waals surface area contributed by atoms with Gasteiger partial charge in [-0.25, -0.2) is 0 Å². The van der Waals surface area contributed by atoms with Crippen LogP contribution in [0.1, 0.15) is 21.7 Å². The van der Waals surface area contributed by atoms with Crippen LogP contribution in [0.2, 0.25) is 0 Å². The third-order valence-corrected chi connectivity index (χ3v) is 4.70. The van der Waals surface area contributed by atoms with Crippen molar-refractivity contribution in [3.05, 3.63) is 59.4 Å². The van der Waals surface area contributed by atoms with Crippen molar-refractivity contribution in [2.75, 3.05) is 18.5 Å². The highest BCUT2D eigenvalue weighted by Gasteiger charge is 2.13. The summed E-state index contributed by atoms with van der Waals surface area (Å²) in [5.74, 6) is 1.77. The summed E-state index contributed by atoms with van der Waals surface area (Å²) >= 11 is 1.17. The molecule has 0 unspecified atom stereocenters. The van der Waals surface area contributed by atoms with E-state index < -0.39 is 0 Å². The average molecular weight is 383 g/mol. The Hall–Kier alpha value is -3.13. The van der Waals surface area contributed by atoms with Crippen molar-refractivity contribution in [3.8, 4) is 17.2 Å². The van der Waals surface area contributed by atoms with Crippen LogP contribution in [0.3, 0.4) is 0 Å². The van der Waals surface area contributed by atoms with Crippen molar-refractivity contribution in [2.24, 2.45) is 0 Å². The van der Waals surface area contributed by atoms with Crippen molar-refractivity contribution in [1.82, 2.24) is 8.75 Å². The van der Waals surface area contributed by atoms with Gasteiger partial charge in [0.1, 0.15) is 31.3 Å². The normalized spacial score (nSPS) is 12.5. The molecular weight excluding hydrogens is 366 g/mol. The van der Waals surface area contributed by atoms with Gasteiger partial charge < -0.3 is 19.5 Å². The Bertz CT molecular complexity index is 956. The second-order valence-electron chi connectivity index (χ2n) is 5.92. The Morgan fingerprint density at radius 3 is 2.63 bits per heavy atom. The van der Waals surface area contributed by atoms with Gasteiger partial charge in [0.15, 0.2) is 11.5 Å². The summed E-state index contributed by atoms with van der Waals surface area (Å²) in [4.78, 5) is 12.4. The van der Waals surface area contributed by atoms with Crippen molar-refractivity contribution in [1.29, 1.82) is 0 Å². The van der Waals surface area contributed by atoms with Crippen molar-refractivity contribution in [3.63, 3.8) is 0 Å². The molecule has 0 aliphatic carbocycles. The fraction of sp³-hybridized carbons (Fsp3) is 0.211. The minimum atomic E-state index is -0.210. The maximum absolute atomic E-state index is 12.4. The van der Waals surface area contributed by atoms with Crippen LogP contribution >= 0.6 is 11.7 Å². The number of nitrogens with zero attached hydrogens (tertiary/aromatic N) is 2. The highest BCUT2D eigenvalue weighted by atomic mass is 32.1. The Balaban J connectivity index is 1.38. The Kier molecular flexibility index (Phi) is 4.88. The SMILES string of the molecule is Cc1nsnc1COc1ccc(C(=O)Nc2ccc3c(c2)OCCO3)cc1. The van der Waals surface area contributed by atoms with Crippen LogP contribution in [0, 0.1) is 6.92 Å². The van der Waals surface area contributed by atoms with E-state index in [0.29, 0.717) is 48.3 Å². The van der Waals surface area contributed by atoms with E-state index in [2.05, 4.69) is 14.1 Å². The molecule has 0 radical (unpaired) electrons. The molecule has 4 rings (SSSR count). The van der Waals surface area contributed by atoms with E-state index >= 15 is 0 Å². The van der Waals surface area contributed by atoms with Gasteiger partial charge in [-0.3, -0.25) is 4.79 Å².